The first-order valence-corrected chi connectivity index (χ1v) is 10.6. The van der Waals surface area contributed by atoms with Crippen LogP contribution in [0.3, 0.4) is 0 Å². The number of aliphatic imine (C=N–C) groups is 1. The summed E-state index contributed by atoms with van der Waals surface area (Å²) in [6.07, 6.45) is 0.693. The highest BCUT2D eigenvalue weighted by molar-refractivity contribution is 14.0. The van der Waals surface area contributed by atoms with Crippen molar-refractivity contribution in [3.63, 3.8) is 0 Å². The van der Waals surface area contributed by atoms with E-state index in [2.05, 4.69) is 15.6 Å². The van der Waals surface area contributed by atoms with E-state index in [1.807, 2.05) is 26.8 Å². The maximum Gasteiger partial charge on any atom is 0.214 e. The molecule has 0 radical (unpaired) electrons. The van der Waals surface area contributed by atoms with Crippen LogP contribution in [0.1, 0.15) is 32.8 Å². The number of benzene rings is 1. The summed E-state index contributed by atoms with van der Waals surface area (Å²) in [5.41, 5.74) is 0.572. The number of rotatable bonds is 7. The highest BCUT2D eigenvalue weighted by Crippen LogP contribution is 2.24. The van der Waals surface area contributed by atoms with Crippen LogP contribution in [0, 0.1) is 5.82 Å². The summed E-state index contributed by atoms with van der Waals surface area (Å²) in [6, 6.07) is 6.57. The van der Waals surface area contributed by atoms with Crippen molar-refractivity contribution in [2.75, 3.05) is 38.5 Å². The summed E-state index contributed by atoms with van der Waals surface area (Å²) in [5, 5.41) is 6.34. The molecule has 0 atom stereocenters. The van der Waals surface area contributed by atoms with E-state index >= 15 is 0 Å². The van der Waals surface area contributed by atoms with Gasteiger partial charge in [0.15, 0.2) is 5.96 Å². The Balaban J connectivity index is 0.00000364. The van der Waals surface area contributed by atoms with Crippen molar-refractivity contribution in [3.05, 3.63) is 35.6 Å². The number of nitrogens with one attached hydrogen (secondary N) is 2. The van der Waals surface area contributed by atoms with E-state index in [4.69, 9.17) is 0 Å². The summed E-state index contributed by atoms with van der Waals surface area (Å²) in [5.74, 6) is 0.619. The summed E-state index contributed by atoms with van der Waals surface area (Å²) in [6.45, 7) is 8.70. The number of nitrogens with zero attached hydrogens (tertiary/aromatic N) is 2. The molecule has 0 bridgehead atoms. The Morgan fingerprint density at radius 1 is 1.33 bits per heavy atom. The second-order valence-corrected chi connectivity index (χ2v) is 9.17. The number of hydrogen-bond donors (Lipinski definition) is 2. The third kappa shape index (κ3) is 7.19. The Morgan fingerprint density at radius 3 is 2.67 bits per heavy atom. The molecule has 1 fully saturated rings. The first-order chi connectivity index (χ1) is 12.2. The van der Waals surface area contributed by atoms with Crippen LogP contribution in [-0.4, -0.2) is 57.2 Å². The predicted octanol–water partition coefficient (Wildman–Crippen LogP) is 2.31. The van der Waals surface area contributed by atoms with Gasteiger partial charge in [0.05, 0.1) is 12.3 Å². The van der Waals surface area contributed by atoms with Gasteiger partial charge in [-0.05, 0) is 31.0 Å². The first kappa shape index (κ1) is 24.1. The molecule has 1 aromatic rings. The van der Waals surface area contributed by atoms with Gasteiger partial charge in [-0.1, -0.05) is 26.0 Å². The summed E-state index contributed by atoms with van der Waals surface area (Å²) >= 11 is 0. The van der Waals surface area contributed by atoms with Crippen molar-refractivity contribution in [1.82, 2.24) is 14.9 Å². The molecular weight excluding hydrogens is 482 g/mol. The Labute approximate surface area is 179 Å². The zero-order chi connectivity index (χ0) is 19.2. The Hall–Kier alpha value is -0.940. The van der Waals surface area contributed by atoms with E-state index < -0.39 is 10.0 Å². The average molecular weight is 512 g/mol. The van der Waals surface area contributed by atoms with Gasteiger partial charge in [0.25, 0.3) is 0 Å². The fourth-order valence-electron chi connectivity index (χ4n) is 2.86. The predicted molar refractivity (Wildman–Crippen MR) is 119 cm³/mol. The molecule has 2 rings (SSSR count). The molecule has 1 aromatic carbocycles. The topological polar surface area (TPSA) is 73.8 Å². The smallest absolute Gasteiger partial charge is 0.214 e. The maximum absolute atomic E-state index is 13.5. The standard InChI is InChI=1S/C18H29FN4O2S.HI/c1-4-20-17(21-9-11-23-10-6-12-26(23,24)25)22-14-18(2,3)15-7-5-8-16(19)13-15;/h5,7-8,13H,4,6,9-12,14H2,1-3H3,(H2,20,21,22);1H. The van der Waals surface area contributed by atoms with E-state index in [0.717, 1.165) is 5.56 Å². The lowest BCUT2D eigenvalue weighted by Gasteiger charge is -2.24. The summed E-state index contributed by atoms with van der Waals surface area (Å²) in [7, 11) is -3.08. The highest BCUT2D eigenvalue weighted by atomic mass is 127. The minimum absolute atomic E-state index is 0. The molecule has 0 unspecified atom stereocenters. The molecule has 0 saturated carbocycles. The monoisotopic (exact) mass is 512 g/mol. The van der Waals surface area contributed by atoms with Crippen LogP contribution in [-0.2, 0) is 15.4 Å². The van der Waals surface area contributed by atoms with Gasteiger partial charge in [-0.25, -0.2) is 17.1 Å². The quantitative estimate of drug-likeness (QED) is 0.334. The lowest BCUT2D eigenvalue weighted by Crippen LogP contribution is -2.42. The average Bonchev–Trinajstić information content (AvgIpc) is 2.91. The van der Waals surface area contributed by atoms with Gasteiger partial charge >= 0.3 is 0 Å². The number of sulfonamides is 1. The van der Waals surface area contributed by atoms with Crippen molar-refractivity contribution >= 4 is 40.0 Å². The van der Waals surface area contributed by atoms with Gasteiger partial charge in [0, 0.05) is 31.6 Å². The minimum Gasteiger partial charge on any atom is -0.357 e. The number of hydrogen-bond acceptors (Lipinski definition) is 3. The molecule has 0 amide bonds. The molecule has 9 heteroatoms. The van der Waals surface area contributed by atoms with E-state index in [1.165, 1.54) is 16.4 Å². The largest absolute Gasteiger partial charge is 0.357 e. The van der Waals surface area contributed by atoms with Crippen LogP contribution < -0.4 is 10.6 Å². The second-order valence-electron chi connectivity index (χ2n) is 7.08. The lowest BCUT2D eigenvalue weighted by molar-refractivity contribution is 0.444. The molecule has 0 aromatic heterocycles. The molecule has 0 spiro atoms. The first-order valence-electron chi connectivity index (χ1n) is 9.00. The van der Waals surface area contributed by atoms with Crippen LogP contribution >= 0.6 is 24.0 Å². The van der Waals surface area contributed by atoms with Crippen molar-refractivity contribution in [1.29, 1.82) is 0 Å². The van der Waals surface area contributed by atoms with E-state index in [1.54, 1.807) is 6.07 Å². The van der Waals surface area contributed by atoms with E-state index in [0.29, 0.717) is 45.1 Å². The maximum atomic E-state index is 13.5. The van der Waals surface area contributed by atoms with E-state index in [-0.39, 0.29) is 41.0 Å². The third-order valence-electron chi connectivity index (χ3n) is 4.44. The molecule has 2 N–H and O–H groups in total. The summed E-state index contributed by atoms with van der Waals surface area (Å²) < 4.78 is 38.6. The SMILES string of the molecule is CCNC(=NCC(C)(C)c1cccc(F)c1)NCCN1CCCS1(=O)=O.I. The van der Waals surface area contributed by atoms with Crippen LogP contribution in [0.15, 0.2) is 29.3 Å². The zero-order valence-electron chi connectivity index (χ0n) is 16.2. The Bertz CT molecular complexity index is 741. The van der Waals surface area contributed by atoms with Gasteiger partial charge in [0.2, 0.25) is 10.0 Å². The molecular formula is C18H30FIN4O2S. The molecule has 6 nitrogen and oxygen atoms in total. The van der Waals surface area contributed by atoms with Crippen molar-refractivity contribution in [2.45, 2.75) is 32.6 Å². The molecule has 0 aliphatic carbocycles. The lowest BCUT2D eigenvalue weighted by atomic mass is 9.85. The van der Waals surface area contributed by atoms with Gasteiger partial charge in [-0.15, -0.1) is 24.0 Å². The van der Waals surface area contributed by atoms with Crippen LogP contribution in [0.2, 0.25) is 0 Å². The molecule has 1 aliphatic rings. The van der Waals surface area contributed by atoms with Crippen molar-refractivity contribution in [3.8, 4) is 0 Å². The zero-order valence-corrected chi connectivity index (χ0v) is 19.3. The molecule has 1 saturated heterocycles. The van der Waals surface area contributed by atoms with Crippen LogP contribution in [0.4, 0.5) is 4.39 Å². The number of guanidine groups is 1. The van der Waals surface area contributed by atoms with Gasteiger partial charge in [0.1, 0.15) is 5.82 Å². The molecule has 1 aliphatic heterocycles. The van der Waals surface area contributed by atoms with Crippen molar-refractivity contribution in [2.24, 2.45) is 4.99 Å². The minimum atomic E-state index is -3.08. The second kappa shape index (κ2) is 10.6. The van der Waals surface area contributed by atoms with Gasteiger partial charge in [-0.2, -0.15) is 0 Å². The van der Waals surface area contributed by atoms with Crippen molar-refractivity contribution < 1.29 is 12.8 Å². The molecule has 1 heterocycles. The van der Waals surface area contributed by atoms with Crippen LogP contribution in [0.5, 0.6) is 0 Å². The third-order valence-corrected chi connectivity index (χ3v) is 6.40. The van der Waals surface area contributed by atoms with Gasteiger partial charge in [-0.3, -0.25) is 4.99 Å². The van der Waals surface area contributed by atoms with Gasteiger partial charge < -0.3 is 10.6 Å². The normalized spacial score (nSPS) is 17.4. The highest BCUT2D eigenvalue weighted by Gasteiger charge is 2.27. The van der Waals surface area contributed by atoms with Crippen LogP contribution in [0.25, 0.3) is 0 Å². The molecule has 27 heavy (non-hydrogen) atoms. The number of halogens is 2. The summed E-state index contributed by atoms with van der Waals surface area (Å²) in [4.78, 5) is 4.60. The fourth-order valence-corrected chi connectivity index (χ4v) is 4.39. The Morgan fingerprint density at radius 2 is 2.07 bits per heavy atom. The van der Waals surface area contributed by atoms with E-state index in [9.17, 15) is 12.8 Å². The Kier molecular flexibility index (Phi) is 9.43. The fraction of sp³-hybridized carbons (Fsp3) is 0.611. The molecule has 154 valence electrons.